The third kappa shape index (κ3) is 2.99. The van der Waals surface area contributed by atoms with Crippen LogP contribution in [0.15, 0.2) is 29.2 Å². The van der Waals surface area contributed by atoms with Gasteiger partial charge in [0, 0.05) is 18.5 Å². The van der Waals surface area contributed by atoms with Crippen LogP contribution in [0.1, 0.15) is 18.4 Å². The number of hydrogen-bond acceptors (Lipinski definition) is 4. The van der Waals surface area contributed by atoms with Crippen LogP contribution in [-0.2, 0) is 14.3 Å². The Morgan fingerprint density at radius 1 is 1.28 bits per heavy atom. The summed E-state index contributed by atoms with van der Waals surface area (Å²) >= 11 is 0. The van der Waals surface area contributed by atoms with Crippen molar-refractivity contribution in [1.82, 2.24) is 4.90 Å². The molecule has 1 aliphatic carbocycles. The van der Waals surface area contributed by atoms with Crippen molar-refractivity contribution in [1.29, 1.82) is 0 Å². The number of aryl methyl sites for hydroxylation is 1. The molecule has 1 amide bonds. The quantitative estimate of drug-likeness (QED) is 0.818. The molecule has 1 spiro atoms. The minimum Gasteiger partial charge on any atom is -0.465 e. The average molecular weight is 375 g/mol. The summed E-state index contributed by atoms with van der Waals surface area (Å²) in [5, 5.41) is 8.91. The Morgan fingerprint density at radius 3 is 2.36 bits per heavy atom. The van der Waals surface area contributed by atoms with E-state index in [-0.39, 0.29) is 30.8 Å². The second-order valence-corrected chi connectivity index (χ2v) is 8.27. The van der Waals surface area contributed by atoms with Crippen molar-refractivity contribution in [3.63, 3.8) is 0 Å². The van der Waals surface area contributed by atoms with E-state index in [1.165, 1.54) is 12.1 Å². The number of carbonyl (C=O) groups is 1. The summed E-state index contributed by atoms with van der Waals surface area (Å²) in [4.78, 5) is 11.9. The molecule has 0 bridgehead atoms. The van der Waals surface area contributed by atoms with E-state index in [1.54, 1.807) is 19.1 Å². The first kappa shape index (κ1) is 18.1. The predicted molar refractivity (Wildman–Crippen MR) is 84.0 cm³/mol. The maximum Gasteiger partial charge on any atom is 0.407 e. The molecule has 9 heteroatoms. The third-order valence-corrected chi connectivity index (χ3v) is 6.61. The molecule has 1 saturated heterocycles. The molecule has 1 saturated carbocycles. The van der Waals surface area contributed by atoms with Gasteiger partial charge in [-0.05, 0) is 31.9 Å². The molecule has 2 fully saturated rings. The zero-order valence-electron chi connectivity index (χ0n) is 13.6. The zero-order chi connectivity index (χ0) is 18.5. The molecule has 1 aromatic carbocycles. The Hall–Kier alpha value is -1.74. The Kier molecular flexibility index (Phi) is 4.27. The Balaban J connectivity index is 1.66. The molecule has 1 heterocycles. The number of piperidine rings is 1. The fraction of sp³-hybridized carbons (Fsp3) is 0.562. The van der Waals surface area contributed by atoms with Crippen LogP contribution in [0.2, 0.25) is 0 Å². The lowest BCUT2D eigenvalue weighted by Gasteiger charge is -2.30. The molecule has 6 nitrogen and oxygen atoms in total. The number of amides is 1. The number of carboxylic acid groups (broad SMARTS) is 1. The Morgan fingerprint density at radius 2 is 1.84 bits per heavy atom. The van der Waals surface area contributed by atoms with Gasteiger partial charge in [0.05, 0.1) is 17.4 Å². The Bertz CT molecular complexity index is 770. The third-order valence-electron chi connectivity index (χ3n) is 5.31. The van der Waals surface area contributed by atoms with Crippen LogP contribution < -0.4 is 0 Å². The molecule has 1 aliphatic heterocycles. The zero-order valence-corrected chi connectivity index (χ0v) is 14.4. The summed E-state index contributed by atoms with van der Waals surface area (Å²) in [7, 11) is -4.10. The van der Waals surface area contributed by atoms with Crippen LogP contribution in [0.5, 0.6) is 0 Å². The van der Waals surface area contributed by atoms with Gasteiger partial charge in [0.15, 0.2) is 0 Å². The van der Waals surface area contributed by atoms with Gasteiger partial charge in [0.2, 0.25) is 0 Å². The van der Waals surface area contributed by atoms with Gasteiger partial charge in [-0.25, -0.2) is 13.6 Å². The van der Waals surface area contributed by atoms with Crippen molar-refractivity contribution in [3.8, 4) is 0 Å². The summed E-state index contributed by atoms with van der Waals surface area (Å²) in [5.74, 6) is -4.25. The highest BCUT2D eigenvalue weighted by Crippen LogP contribution is 2.70. The molecule has 0 radical (unpaired) electrons. The summed E-state index contributed by atoms with van der Waals surface area (Å²) in [6, 6.07) is 5.95. The van der Waals surface area contributed by atoms with Gasteiger partial charge in [-0.2, -0.15) is 8.42 Å². The summed E-state index contributed by atoms with van der Waals surface area (Å²) in [5.41, 5.74) is -0.487. The lowest BCUT2D eigenvalue weighted by molar-refractivity contribution is 0.0288. The molecule has 3 rings (SSSR count). The van der Waals surface area contributed by atoms with E-state index < -0.39 is 40.1 Å². The van der Waals surface area contributed by atoms with Crippen LogP contribution in [-0.4, -0.2) is 50.1 Å². The monoisotopic (exact) mass is 375 g/mol. The highest BCUT2D eigenvalue weighted by molar-refractivity contribution is 7.86. The van der Waals surface area contributed by atoms with Crippen molar-refractivity contribution in [2.24, 2.45) is 11.3 Å². The fourth-order valence-corrected chi connectivity index (χ4v) is 4.49. The van der Waals surface area contributed by atoms with E-state index in [4.69, 9.17) is 9.29 Å². The first-order valence-electron chi connectivity index (χ1n) is 7.92. The topological polar surface area (TPSA) is 83.9 Å². The van der Waals surface area contributed by atoms with Gasteiger partial charge in [0.1, 0.15) is 0 Å². The molecule has 25 heavy (non-hydrogen) atoms. The van der Waals surface area contributed by atoms with Crippen LogP contribution in [0, 0.1) is 18.3 Å². The number of rotatable bonds is 4. The maximum atomic E-state index is 14.3. The van der Waals surface area contributed by atoms with E-state index in [0.717, 1.165) is 10.5 Å². The highest BCUT2D eigenvalue weighted by atomic mass is 32.2. The largest absolute Gasteiger partial charge is 0.465 e. The van der Waals surface area contributed by atoms with Crippen molar-refractivity contribution >= 4 is 16.2 Å². The second kappa shape index (κ2) is 5.91. The molecular formula is C16H19F2NO5S. The predicted octanol–water partition coefficient (Wildman–Crippen LogP) is 2.73. The van der Waals surface area contributed by atoms with E-state index in [2.05, 4.69) is 0 Å². The van der Waals surface area contributed by atoms with E-state index in [1.807, 2.05) is 0 Å². The van der Waals surface area contributed by atoms with E-state index in [9.17, 15) is 22.0 Å². The lowest BCUT2D eigenvalue weighted by atomic mass is 9.90. The Labute approximate surface area is 144 Å². The van der Waals surface area contributed by atoms with Gasteiger partial charge in [-0.15, -0.1) is 0 Å². The molecule has 1 N–H and O–H groups in total. The number of alkyl halides is 2. The molecule has 1 atom stereocenters. The standard InChI is InChI=1S/C16H19F2NO5S/c1-11-2-4-12(5-3-11)25(22,23)24-10-13-15(16(13,17)18)6-8-19(9-7-15)14(20)21/h2-5,13H,6-10H2,1H3,(H,20,21). The van der Waals surface area contributed by atoms with Crippen molar-refractivity contribution < 1.29 is 31.3 Å². The van der Waals surface area contributed by atoms with E-state index in [0.29, 0.717) is 0 Å². The molecule has 0 aromatic heterocycles. The summed E-state index contributed by atoms with van der Waals surface area (Å²) < 4.78 is 57.7. The lowest BCUT2D eigenvalue weighted by Crippen LogP contribution is -2.40. The van der Waals surface area contributed by atoms with Gasteiger partial charge < -0.3 is 10.0 Å². The normalized spacial score (nSPS) is 24.3. The molecule has 2 aliphatic rings. The first-order valence-corrected chi connectivity index (χ1v) is 9.33. The minimum absolute atomic E-state index is 0.00487. The van der Waals surface area contributed by atoms with Crippen molar-refractivity contribution in [2.45, 2.75) is 30.6 Å². The summed E-state index contributed by atoms with van der Waals surface area (Å²) in [6.07, 6.45) is -1.12. The number of nitrogens with zero attached hydrogens (tertiary/aromatic N) is 1. The minimum atomic E-state index is -4.10. The number of hydrogen-bond donors (Lipinski definition) is 1. The van der Waals surface area contributed by atoms with Crippen LogP contribution in [0.25, 0.3) is 0 Å². The number of benzene rings is 1. The first-order chi connectivity index (χ1) is 11.6. The highest BCUT2D eigenvalue weighted by Gasteiger charge is 2.80. The number of likely N-dealkylation sites (tertiary alicyclic amines) is 1. The van der Waals surface area contributed by atoms with Crippen LogP contribution >= 0.6 is 0 Å². The number of halogens is 2. The molecule has 1 aromatic rings. The second-order valence-electron chi connectivity index (χ2n) is 6.65. The van der Waals surface area contributed by atoms with Crippen LogP contribution in [0.3, 0.4) is 0 Å². The summed E-state index contributed by atoms with van der Waals surface area (Å²) in [6.45, 7) is 1.24. The maximum absolute atomic E-state index is 14.3. The van der Waals surface area contributed by atoms with Gasteiger partial charge >= 0.3 is 6.09 Å². The van der Waals surface area contributed by atoms with Crippen molar-refractivity contribution in [2.75, 3.05) is 19.7 Å². The fourth-order valence-electron chi connectivity index (χ4n) is 3.56. The van der Waals surface area contributed by atoms with E-state index >= 15 is 0 Å². The van der Waals surface area contributed by atoms with Gasteiger partial charge in [0.25, 0.3) is 16.0 Å². The van der Waals surface area contributed by atoms with Crippen molar-refractivity contribution in [3.05, 3.63) is 29.8 Å². The van der Waals surface area contributed by atoms with Gasteiger partial charge in [-0.1, -0.05) is 17.7 Å². The average Bonchev–Trinajstić information content (AvgIpc) is 2.99. The van der Waals surface area contributed by atoms with Crippen LogP contribution in [0.4, 0.5) is 13.6 Å². The molecule has 138 valence electrons. The SMILES string of the molecule is Cc1ccc(S(=O)(=O)OCC2C(F)(F)C23CCN(C(=O)O)CC3)cc1. The molecule has 1 unspecified atom stereocenters. The molecular weight excluding hydrogens is 356 g/mol. The van der Waals surface area contributed by atoms with Gasteiger partial charge in [-0.3, -0.25) is 4.18 Å². The smallest absolute Gasteiger partial charge is 0.407 e.